The zero-order valence-electron chi connectivity index (χ0n) is 23.6. The van der Waals surface area contributed by atoms with E-state index in [1.165, 1.54) is 11.3 Å². The first kappa shape index (κ1) is 29.9. The Hall–Kier alpha value is -3.09. The second kappa shape index (κ2) is 13.0. The number of carbonyl (C=O) groups is 1. The molecule has 12 heteroatoms. The molecule has 1 aromatic carbocycles. The highest BCUT2D eigenvalue weighted by Gasteiger charge is 2.27. The number of carbonyl (C=O) groups excluding carboxylic acids is 1. The molecule has 0 aliphatic heterocycles. The van der Waals surface area contributed by atoms with Crippen LogP contribution in [0.5, 0.6) is 0 Å². The van der Waals surface area contributed by atoms with Crippen molar-refractivity contribution < 1.29 is 17.9 Å². The molecule has 0 bridgehead atoms. The minimum Gasteiger partial charge on any atom is -0.447 e. The van der Waals surface area contributed by atoms with Gasteiger partial charge < -0.3 is 15.4 Å². The Labute approximate surface area is 240 Å². The molecule has 1 aliphatic carbocycles. The van der Waals surface area contributed by atoms with Gasteiger partial charge in [0.2, 0.25) is 10.0 Å². The Balaban J connectivity index is 1.52. The number of nitrogens with zero attached hydrogens (tertiary/aromatic N) is 3. The lowest BCUT2D eigenvalue weighted by atomic mass is 9.86. The SMILES string of the molecule is CCNS(=O)(=O)c1cc(Nc2ccc(C(C)C)nn2)ccc1-c1cnc([C@H]2CC[C@H](NC(=O)OC(C)C)CC2)s1. The van der Waals surface area contributed by atoms with Crippen molar-refractivity contribution >= 4 is 39.0 Å². The van der Waals surface area contributed by atoms with Crippen molar-refractivity contribution in [1.82, 2.24) is 25.2 Å². The van der Waals surface area contributed by atoms with Gasteiger partial charge in [0.05, 0.1) is 26.6 Å². The number of anilines is 2. The predicted molar refractivity (Wildman–Crippen MR) is 158 cm³/mol. The number of alkyl carbamates (subject to hydrolysis) is 1. The van der Waals surface area contributed by atoms with E-state index in [4.69, 9.17) is 4.74 Å². The second-order valence-corrected chi connectivity index (χ2v) is 13.3. The summed E-state index contributed by atoms with van der Waals surface area (Å²) < 4.78 is 34.3. The van der Waals surface area contributed by atoms with Crippen LogP contribution >= 0.6 is 11.3 Å². The lowest BCUT2D eigenvalue weighted by Crippen LogP contribution is -2.38. The van der Waals surface area contributed by atoms with E-state index in [1.54, 1.807) is 25.3 Å². The number of amides is 1. The molecule has 1 saturated carbocycles. The van der Waals surface area contributed by atoms with Crippen LogP contribution in [0, 0.1) is 0 Å². The van der Waals surface area contributed by atoms with Crippen molar-refractivity contribution in [3.63, 3.8) is 0 Å². The molecule has 0 atom stereocenters. The molecule has 4 rings (SSSR count). The third kappa shape index (κ3) is 7.55. The summed E-state index contributed by atoms with van der Waals surface area (Å²) in [6.07, 6.45) is 4.70. The van der Waals surface area contributed by atoms with Crippen molar-refractivity contribution in [3.8, 4) is 10.4 Å². The van der Waals surface area contributed by atoms with Crippen LogP contribution < -0.4 is 15.4 Å². The maximum atomic E-state index is 13.2. The maximum absolute atomic E-state index is 13.2. The van der Waals surface area contributed by atoms with E-state index in [-0.39, 0.29) is 41.5 Å². The summed E-state index contributed by atoms with van der Waals surface area (Å²) in [5.74, 6) is 1.06. The molecule has 10 nitrogen and oxygen atoms in total. The van der Waals surface area contributed by atoms with E-state index in [2.05, 4.69) is 30.5 Å². The number of sulfonamides is 1. The third-order valence-corrected chi connectivity index (χ3v) is 9.46. The molecule has 3 aromatic rings. The summed E-state index contributed by atoms with van der Waals surface area (Å²) in [5.41, 5.74) is 2.08. The first-order chi connectivity index (χ1) is 19.1. The van der Waals surface area contributed by atoms with Crippen LogP contribution in [0.2, 0.25) is 0 Å². The maximum Gasteiger partial charge on any atom is 0.407 e. The molecule has 1 aliphatic rings. The highest BCUT2D eigenvalue weighted by Crippen LogP contribution is 2.40. The number of nitrogens with one attached hydrogen (secondary N) is 3. The molecule has 2 heterocycles. The van der Waals surface area contributed by atoms with Gasteiger partial charge in [0, 0.05) is 36.0 Å². The van der Waals surface area contributed by atoms with Gasteiger partial charge in [-0.3, -0.25) is 0 Å². The lowest BCUT2D eigenvalue weighted by Gasteiger charge is -2.28. The summed E-state index contributed by atoms with van der Waals surface area (Å²) in [7, 11) is -3.76. The predicted octanol–water partition coefficient (Wildman–Crippen LogP) is 5.93. The molecule has 0 unspecified atom stereocenters. The van der Waals surface area contributed by atoms with Crippen LogP contribution in [0.4, 0.5) is 16.3 Å². The van der Waals surface area contributed by atoms with Gasteiger partial charge in [0.25, 0.3) is 0 Å². The first-order valence-electron chi connectivity index (χ1n) is 13.7. The van der Waals surface area contributed by atoms with E-state index in [9.17, 15) is 13.2 Å². The molecule has 0 radical (unpaired) electrons. The highest BCUT2D eigenvalue weighted by atomic mass is 32.2. The van der Waals surface area contributed by atoms with Gasteiger partial charge in [-0.15, -0.1) is 16.4 Å². The van der Waals surface area contributed by atoms with Gasteiger partial charge in [0.1, 0.15) is 0 Å². The standard InChI is InChI=1S/C28H38N6O4S2/c1-6-30-40(36,37)25-15-21(31-26-14-13-23(17(2)3)33-34-26)11-12-22(25)24-16-29-27(39-24)19-7-9-20(10-8-19)32-28(35)38-18(4)5/h11-20,30H,6-10H2,1-5H3,(H,31,34)(H,32,35)/t19-,20-. The van der Waals surface area contributed by atoms with Crippen LogP contribution in [0.25, 0.3) is 10.4 Å². The first-order valence-corrected chi connectivity index (χ1v) is 16.0. The Kier molecular flexibility index (Phi) is 9.75. The Morgan fingerprint density at radius 2 is 1.82 bits per heavy atom. The molecular weight excluding hydrogens is 548 g/mol. The molecule has 3 N–H and O–H groups in total. The fourth-order valence-electron chi connectivity index (χ4n) is 4.66. The molecule has 40 heavy (non-hydrogen) atoms. The topological polar surface area (TPSA) is 135 Å². The van der Waals surface area contributed by atoms with Crippen LogP contribution in [0.15, 0.2) is 41.4 Å². The number of ether oxygens (including phenoxy) is 1. The average Bonchev–Trinajstić information content (AvgIpc) is 3.39. The van der Waals surface area contributed by atoms with E-state index >= 15 is 0 Å². The summed E-state index contributed by atoms with van der Waals surface area (Å²) in [4.78, 5) is 17.6. The molecule has 0 saturated heterocycles. The average molecular weight is 587 g/mol. The van der Waals surface area contributed by atoms with Crippen molar-refractivity contribution in [1.29, 1.82) is 0 Å². The minimum atomic E-state index is -3.76. The van der Waals surface area contributed by atoms with Crippen LogP contribution in [-0.2, 0) is 14.8 Å². The monoisotopic (exact) mass is 586 g/mol. The van der Waals surface area contributed by atoms with Crippen molar-refractivity contribution in [2.75, 3.05) is 11.9 Å². The van der Waals surface area contributed by atoms with Gasteiger partial charge in [-0.05, 0) is 69.7 Å². The van der Waals surface area contributed by atoms with Gasteiger partial charge in [-0.25, -0.2) is 22.9 Å². The second-order valence-electron chi connectivity index (χ2n) is 10.5. The van der Waals surface area contributed by atoms with Gasteiger partial charge in [-0.1, -0.05) is 26.8 Å². The largest absolute Gasteiger partial charge is 0.447 e. The molecular formula is C28H38N6O4S2. The van der Waals surface area contributed by atoms with E-state index in [0.29, 0.717) is 17.1 Å². The summed E-state index contributed by atoms with van der Waals surface area (Å²) >= 11 is 1.52. The molecule has 1 amide bonds. The number of aromatic nitrogens is 3. The minimum absolute atomic E-state index is 0.0881. The normalized spacial score (nSPS) is 17.7. The lowest BCUT2D eigenvalue weighted by molar-refractivity contribution is 0.109. The highest BCUT2D eigenvalue weighted by molar-refractivity contribution is 7.89. The zero-order valence-corrected chi connectivity index (χ0v) is 25.2. The van der Waals surface area contributed by atoms with Crippen molar-refractivity contribution in [3.05, 3.63) is 47.2 Å². The summed E-state index contributed by atoms with van der Waals surface area (Å²) in [6.45, 7) is 9.78. The Bertz CT molecular complexity index is 1400. The van der Waals surface area contributed by atoms with Gasteiger partial charge >= 0.3 is 6.09 Å². The third-order valence-electron chi connectivity index (χ3n) is 6.68. The number of benzene rings is 1. The molecule has 1 fully saturated rings. The molecule has 2 aromatic heterocycles. The molecule has 216 valence electrons. The number of rotatable bonds is 10. The fraction of sp³-hybridized carbons (Fsp3) is 0.500. The summed E-state index contributed by atoms with van der Waals surface area (Å²) in [5, 5.41) is 15.6. The zero-order chi connectivity index (χ0) is 28.9. The number of thiazole rings is 1. The summed E-state index contributed by atoms with van der Waals surface area (Å²) in [6, 6.07) is 9.10. The van der Waals surface area contributed by atoms with Crippen LogP contribution in [0.3, 0.4) is 0 Å². The van der Waals surface area contributed by atoms with Crippen molar-refractivity contribution in [2.24, 2.45) is 0 Å². The van der Waals surface area contributed by atoms with E-state index < -0.39 is 10.0 Å². The number of hydrogen-bond acceptors (Lipinski definition) is 9. The fourth-order valence-corrected chi connectivity index (χ4v) is 7.14. The van der Waals surface area contributed by atoms with Crippen LogP contribution in [-0.4, -0.2) is 48.4 Å². The Morgan fingerprint density at radius 3 is 2.45 bits per heavy atom. The van der Waals surface area contributed by atoms with E-state index in [1.807, 2.05) is 45.9 Å². The van der Waals surface area contributed by atoms with Gasteiger partial charge in [0.15, 0.2) is 5.82 Å². The van der Waals surface area contributed by atoms with Gasteiger partial charge in [-0.2, -0.15) is 5.10 Å². The number of hydrogen-bond donors (Lipinski definition) is 3. The van der Waals surface area contributed by atoms with Crippen molar-refractivity contribution in [2.45, 2.75) is 89.2 Å². The van der Waals surface area contributed by atoms with E-state index in [0.717, 1.165) is 41.3 Å². The Morgan fingerprint density at radius 1 is 1.07 bits per heavy atom. The smallest absolute Gasteiger partial charge is 0.407 e. The quantitative estimate of drug-likeness (QED) is 0.266. The van der Waals surface area contributed by atoms with Crippen LogP contribution in [0.1, 0.15) is 82.8 Å². The molecule has 0 spiro atoms.